The first kappa shape index (κ1) is 16.7. The Morgan fingerprint density at radius 1 is 1.25 bits per heavy atom. The van der Waals surface area contributed by atoms with Gasteiger partial charge in [-0.1, -0.05) is 34.1 Å². The van der Waals surface area contributed by atoms with E-state index in [1.54, 1.807) is 36.4 Å². The molecule has 0 aliphatic carbocycles. The number of ether oxygens (including phenoxy) is 2. The average Bonchev–Trinajstić information content (AvgIpc) is 2.58. The highest BCUT2D eigenvalue weighted by Crippen LogP contribution is 2.32. The summed E-state index contributed by atoms with van der Waals surface area (Å²) in [5, 5.41) is 2.88. The Balaban J connectivity index is 1.85. The molecule has 3 rings (SSSR count). The van der Waals surface area contributed by atoms with Crippen molar-refractivity contribution >= 4 is 55.5 Å². The van der Waals surface area contributed by atoms with Gasteiger partial charge in [0.15, 0.2) is 11.5 Å². The molecule has 5 nitrogen and oxygen atoms in total. The van der Waals surface area contributed by atoms with Gasteiger partial charge in [0.25, 0.3) is 5.91 Å². The molecule has 1 aliphatic heterocycles. The zero-order chi connectivity index (χ0) is 17.1. The molecule has 0 aromatic heterocycles. The molecule has 1 heterocycles. The summed E-state index contributed by atoms with van der Waals surface area (Å²) < 4.78 is 11.4. The molecule has 0 spiro atoms. The van der Waals surface area contributed by atoms with E-state index in [2.05, 4.69) is 37.2 Å². The number of nitrogens with one attached hydrogen (secondary N) is 1. The predicted molar refractivity (Wildman–Crippen MR) is 97.2 cm³/mol. The normalized spacial score (nSPS) is 14.6. The Morgan fingerprint density at radius 3 is 2.79 bits per heavy atom. The number of carbonyl (C=O) groups excluding carboxylic acids is 2. The van der Waals surface area contributed by atoms with Crippen LogP contribution in [0, 0.1) is 0 Å². The van der Waals surface area contributed by atoms with Crippen molar-refractivity contribution < 1.29 is 19.1 Å². The Hall–Kier alpha value is -2.12. The fraction of sp³-hybridized carbons (Fsp3) is 0.0588. The maximum absolute atomic E-state index is 12.1. The fourth-order valence-electron chi connectivity index (χ4n) is 2.09. The van der Waals surface area contributed by atoms with Gasteiger partial charge in [0.1, 0.15) is 11.1 Å². The van der Waals surface area contributed by atoms with Gasteiger partial charge in [0, 0.05) is 0 Å². The molecule has 1 amide bonds. The highest BCUT2D eigenvalue weighted by molar-refractivity contribution is 9.10. The van der Waals surface area contributed by atoms with Gasteiger partial charge in [-0.2, -0.15) is 0 Å². The Labute approximate surface area is 154 Å². The molecule has 0 saturated heterocycles. The number of carbonyl (C=O) groups is 2. The predicted octanol–water partition coefficient (Wildman–Crippen LogP) is 4.12. The van der Waals surface area contributed by atoms with Crippen LogP contribution < -0.4 is 14.8 Å². The van der Waals surface area contributed by atoms with Crippen LogP contribution in [0.2, 0.25) is 0 Å². The third-order valence-corrected chi connectivity index (χ3v) is 4.24. The van der Waals surface area contributed by atoms with Crippen LogP contribution in [0.3, 0.4) is 0 Å². The van der Waals surface area contributed by atoms with Crippen molar-refractivity contribution in [2.45, 2.75) is 0 Å². The summed E-state index contributed by atoms with van der Waals surface area (Å²) in [6, 6.07) is 12.3. The van der Waals surface area contributed by atoms with E-state index in [0.29, 0.717) is 21.7 Å². The number of benzene rings is 2. The first-order valence-corrected chi connectivity index (χ1v) is 8.84. The van der Waals surface area contributed by atoms with Crippen molar-refractivity contribution in [3.8, 4) is 11.5 Å². The van der Waals surface area contributed by atoms with Crippen LogP contribution >= 0.6 is 31.9 Å². The molecule has 24 heavy (non-hydrogen) atoms. The number of hydrogen-bond donors (Lipinski definition) is 1. The smallest absolute Gasteiger partial charge is 0.321 e. The highest BCUT2D eigenvalue weighted by atomic mass is 79.9. The first-order chi connectivity index (χ1) is 11.6. The second-order valence-electron chi connectivity index (χ2n) is 4.86. The highest BCUT2D eigenvalue weighted by Gasteiger charge is 2.21. The van der Waals surface area contributed by atoms with Gasteiger partial charge >= 0.3 is 5.97 Å². The standard InChI is InChI=1S/C17H11Br2NO4/c18-9-16(21)24-13-6-5-10(7-11(13)19)8-15-17(22)20-12-3-1-2-4-14(12)23-15/h1-8H,9H2,(H,20,22)/b15-8-. The largest absolute Gasteiger partial charge is 0.449 e. The van der Waals surface area contributed by atoms with E-state index >= 15 is 0 Å². The van der Waals surface area contributed by atoms with E-state index < -0.39 is 5.97 Å². The van der Waals surface area contributed by atoms with Gasteiger partial charge in [-0.3, -0.25) is 9.59 Å². The van der Waals surface area contributed by atoms with Crippen molar-refractivity contribution in [1.29, 1.82) is 0 Å². The van der Waals surface area contributed by atoms with Gasteiger partial charge in [0.05, 0.1) is 10.2 Å². The second kappa shape index (κ2) is 7.19. The molecule has 0 saturated carbocycles. The van der Waals surface area contributed by atoms with Gasteiger partial charge in [0.2, 0.25) is 0 Å². The van der Waals surface area contributed by atoms with Gasteiger partial charge in [-0.15, -0.1) is 0 Å². The van der Waals surface area contributed by atoms with Crippen LogP contribution in [0.4, 0.5) is 5.69 Å². The second-order valence-corrected chi connectivity index (χ2v) is 6.27. The summed E-state index contributed by atoms with van der Waals surface area (Å²) in [5.74, 6) is 0.463. The zero-order valence-electron chi connectivity index (χ0n) is 12.2. The topological polar surface area (TPSA) is 64.6 Å². The fourth-order valence-corrected chi connectivity index (χ4v) is 2.69. The molecule has 0 fully saturated rings. The summed E-state index contributed by atoms with van der Waals surface area (Å²) in [7, 11) is 0. The monoisotopic (exact) mass is 451 g/mol. The summed E-state index contributed by atoms with van der Waals surface area (Å²) in [6.45, 7) is 0. The van der Waals surface area contributed by atoms with Crippen LogP contribution in [0.15, 0.2) is 52.7 Å². The lowest BCUT2D eigenvalue weighted by molar-refractivity contribution is -0.131. The quantitative estimate of drug-likeness (QED) is 0.329. The van der Waals surface area contributed by atoms with Crippen LogP contribution in [-0.2, 0) is 9.59 Å². The Morgan fingerprint density at radius 2 is 2.04 bits per heavy atom. The molecule has 0 atom stereocenters. The van der Waals surface area contributed by atoms with Crippen molar-refractivity contribution in [1.82, 2.24) is 0 Å². The number of fused-ring (bicyclic) bond motifs is 1. The molecule has 7 heteroatoms. The van der Waals surface area contributed by atoms with E-state index in [4.69, 9.17) is 9.47 Å². The van der Waals surface area contributed by atoms with Crippen molar-refractivity contribution in [3.63, 3.8) is 0 Å². The molecule has 2 aromatic rings. The van der Waals surface area contributed by atoms with E-state index in [0.717, 1.165) is 5.56 Å². The number of rotatable bonds is 3. The maximum atomic E-state index is 12.1. The van der Waals surface area contributed by atoms with E-state index in [9.17, 15) is 9.59 Å². The zero-order valence-corrected chi connectivity index (χ0v) is 15.4. The minimum Gasteiger partial charge on any atom is -0.449 e. The van der Waals surface area contributed by atoms with Crippen molar-refractivity contribution in [3.05, 3.63) is 58.3 Å². The third kappa shape index (κ3) is 3.68. The molecule has 0 unspecified atom stereocenters. The van der Waals surface area contributed by atoms with Gasteiger partial charge < -0.3 is 14.8 Å². The third-order valence-electron chi connectivity index (χ3n) is 3.17. The average molecular weight is 453 g/mol. The molecular weight excluding hydrogens is 442 g/mol. The minimum atomic E-state index is -0.395. The minimum absolute atomic E-state index is 0.110. The molecule has 2 aromatic carbocycles. The Kier molecular flexibility index (Phi) is 5.01. The lowest BCUT2D eigenvalue weighted by Gasteiger charge is -2.19. The Bertz CT molecular complexity index is 848. The summed E-state index contributed by atoms with van der Waals surface area (Å²) in [6.07, 6.45) is 1.62. The van der Waals surface area contributed by atoms with Gasteiger partial charge in [-0.25, -0.2) is 0 Å². The van der Waals surface area contributed by atoms with Crippen LogP contribution in [-0.4, -0.2) is 17.2 Å². The van der Waals surface area contributed by atoms with Gasteiger partial charge in [-0.05, 0) is 51.8 Å². The summed E-state index contributed by atoms with van der Waals surface area (Å²) in [5.41, 5.74) is 1.36. The maximum Gasteiger partial charge on any atom is 0.321 e. The number of amides is 1. The molecule has 1 aliphatic rings. The van der Waals surface area contributed by atoms with Crippen molar-refractivity contribution in [2.24, 2.45) is 0 Å². The lowest BCUT2D eigenvalue weighted by Crippen LogP contribution is -2.23. The van der Waals surface area contributed by atoms with E-state index in [1.807, 2.05) is 12.1 Å². The number of alkyl halides is 1. The first-order valence-electron chi connectivity index (χ1n) is 6.93. The van der Waals surface area contributed by atoms with Crippen LogP contribution in [0.25, 0.3) is 6.08 Å². The number of hydrogen-bond acceptors (Lipinski definition) is 4. The van der Waals surface area contributed by atoms with E-state index in [1.165, 1.54) is 0 Å². The number of esters is 1. The molecule has 0 bridgehead atoms. The number of anilines is 1. The van der Waals surface area contributed by atoms with Crippen LogP contribution in [0.1, 0.15) is 5.56 Å². The molecule has 1 N–H and O–H groups in total. The molecule has 0 radical (unpaired) electrons. The van der Waals surface area contributed by atoms with Crippen molar-refractivity contribution in [2.75, 3.05) is 10.6 Å². The molecule has 122 valence electrons. The number of halogens is 2. The molecular formula is C17H11Br2NO4. The SMILES string of the molecule is O=C(CBr)Oc1ccc(/C=C2\Oc3ccccc3NC2=O)cc1Br. The number of para-hydroxylation sites is 2. The lowest BCUT2D eigenvalue weighted by atomic mass is 10.1. The van der Waals surface area contributed by atoms with Crippen LogP contribution in [0.5, 0.6) is 11.5 Å². The van der Waals surface area contributed by atoms with E-state index in [-0.39, 0.29) is 17.0 Å². The summed E-state index contributed by atoms with van der Waals surface area (Å²) >= 11 is 6.38. The summed E-state index contributed by atoms with van der Waals surface area (Å²) in [4.78, 5) is 23.4.